The molecule has 0 aliphatic carbocycles. The number of ether oxygens (including phenoxy) is 1. The molecule has 3 heteroatoms. The number of nitrogens with zero attached hydrogens (tertiary/aromatic N) is 1. The van der Waals surface area contributed by atoms with Gasteiger partial charge in [0.25, 0.3) is 5.88 Å². The van der Waals surface area contributed by atoms with Crippen LogP contribution in [-0.2, 0) is 0 Å². The molecule has 0 aliphatic rings. The van der Waals surface area contributed by atoms with Crippen molar-refractivity contribution in [3.63, 3.8) is 0 Å². The average Bonchev–Trinajstić information content (AvgIpc) is 2.81. The summed E-state index contributed by atoms with van der Waals surface area (Å²) in [6, 6.07) is 7.78. The van der Waals surface area contributed by atoms with E-state index in [1.54, 1.807) is 0 Å². The Hall–Kier alpha value is -1.51. The van der Waals surface area contributed by atoms with E-state index < -0.39 is 0 Å². The van der Waals surface area contributed by atoms with Gasteiger partial charge in [0, 0.05) is 0 Å². The van der Waals surface area contributed by atoms with Crippen molar-refractivity contribution < 1.29 is 9.26 Å². The highest BCUT2D eigenvalue weighted by Crippen LogP contribution is 2.24. The first-order chi connectivity index (χ1) is 8.92. The smallest absolute Gasteiger partial charge is 0.262 e. The van der Waals surface area contributed by atoms with Crippen LogP contribution in [0.5, 0.6) is 5.88 Å². The van der Waals surface area contributed by atoms with E-state index in [1.807, 2.05) is 24.3 Å². The molecule has 0 aliphatic heterocycles. The van der Waals surface area contributed by atoms with E-state index in [9.17, 15) is 0 Å². The van der Waals surface area contributed by atoms with Crippen LogP contribution in [0.2, 0.25) is 0 Å². The Bertz CT molecular complexity index is 464. The Balaban J connectivity index is 1.70. The normalized spacial score (nSPS) is 10.9. The molecule has 18 heavy (non-hydrogen) atoms. The van der Waals surface area contributed by atoms with Gasteiger partial charge in [-0.25, -0.2) is 0 Å². The number of aromatic nitrogens is 1. The number of fused-ring (bicyclic) bond motifs is 1. The molecule has 0 saturated carbocycles. The largest absolute Gasteiger partial charge is 0.475 e. The Morgan fingerprint density at radius 2 is 1.83 bits per heavy atom. The summed E-state index contributed by atoms with van der Waals surface area (Å²) in [7, 11) is 0. The van der Waals surface area contributed by atoms with Gasteiger partial charge in [-0.05, 0) is 23.7 Å². The lowest BCUT2D eigenvalue weighted by molar-refractivity contribution is 0.275. The van der Waals surface area contributed by atoms with Crippen LogP contribution in [0.25, 0.3) is 11.0 Å². The second-order valence-electron chi connectivity index (χ2n) is 4.60. The third-order valence-electron chi connectivity index (χ3n) is 3.08. The zero-order valence-electron chi connectivity index (χ0n) is 11.0. The van der Waals surface area contributed by atoms with Gasteiger partial charge < -0.3 is 9.26 Å². The fourth-order valence-corrected chi connectivity index (χ4v) is 2.02. The number of hydrogen-bond acceptors (Lipinski definition) is 3. The molecule has 0 N–H and O–H groups in total. The zero-order valence-corrected chi connectivity index (χ0v) is 11.0. The first-order valence-electron chi connectivity index (χ1n) is 6.89. The summed E-state index contributed by atoms with van der Waals surface area (Å²) in [4.78, 5) is 0. The Labute approximate surface area is 108 Å². The lowest BCUT2D eigenvalue weighted by Gasteiger charge is -2.02. The predicted molar refractivity (Wildman–Crippen MR) is 72.9 cm³/mol. The molecule has 0 spiro atoms. The summed E-state index contributed by atoms with van der Waals surface area (Å²) in [6.07, 6.45) is 7.59. The highest BCUT2D eigenvalue weighted by molar-refractivity contribution is 5.81. The first-order valence-corrected chi connectivity index (χ1v) is 6.89. The van der Waals surface area contributed by atoms with Crippen LogP contribution in [0.4, 0.5) is 0 Å². The van der Waals surface area contributed by atoms with Gasteiger partial charge in [0.1, 0.15) is 0 Å². The van der Waals surface area contributed by atoms with Gasteiger partial charge in [0.15, 0.2) is 5.58 Å². The van der Waals surface area contributed by atoms with Crippen LogP contribution in [-0.4, -0.2) is 11.8 Å². The van der Waals surface area contributed by atoms with Crippen LogP contribution >= 0.6 is 0 Å². The molecule has 0 fully saturated rings. The molecular weight excluding hydrogens is 226 g/mol. The minimum Gasteiger partial charge on any atom is -0.475 e. The summed E-state index contributed by atoms with van der Waals surface area (Å²) in [5, 5.41) is 4.91. The van der Waals surface area contributed by atoms with Crippen molar-refractivity contribution in [2.24, 2.45) is 0 Å². The van der Waals surface area contributed by atoms with Gasteiger partial charge >= 0.3 is 0 Å². The second kappa shape index (κ2) is 7.04. The van der Waals surface area contributed by atoms with Gasteiger partial charge in [0.05, 0.1) is 12.0 Å². The minimum atomic E-state index is 0.624. The van der Waals surface area contributed by atoms with Gasteiger partial charge in [-0.1, -0.05) is 51.2 Å². The van der Waals surface area contributed by atoms with Crippen molar-refractivity contribution in [2.45, 2.75) is 45.4 Å². The summed E-state index contributed by atoms with van der Waals surface area (Å²) >= 11 is 0. The van der Waals surface area contributed by atoms with Crippen molar-refractivity contribution in [1.82, 2.24) is 5.16 Å². The first kappa shape index (κ1) is 12.9. The van der Waals surface area contributed by atoms with Crippen LogP contribution in [0.15, 0.2) is 28.8 Å². The van der Waals surface area contributed by atoms with E-state index in [-0.39, 0.29) is 0 Å². The Morgan fingerprint density at radius 3 is 2.72 bits per heavy atom. The quantitative estimate of drug-likeness (QED) is 0.641. The van der Waals surface area contributed by atoms with E-state index in [0.717, 1.165) is 24.0 Å². The third-order valence-corrected chi connectivity index (χ3v) is 3.08. The number of para-hydroxylation sites is 1. The molecule has 0 saturated heterocycles. The molecule has 1 aromatic heterocycles. The maximum atomic E-state index is 5.66. The topological polar surface area (TPSA) is 35.3 Å². The molecule has 2 aromatic rings. The van der Waals surface area contributed by atoms with Gasteiger partial charge in [-0.2, -0.15) is 0 Å². The molecular formula is C15H21NO2. The summed E-state index contributed by atoms with van der Waals surface area (Å²) in [6.45, 7) is 2.96. The molecule has 98 valence electrons. The van der Waals surface area contributed by atoms with Gasteiger partial charge in [-0.3, -0.25) is 0 Å². The van der Waals surface area contributed by atoms with Crippen molar-refractivity contribution in [3.8, 4) is 5.88 Å². The SMILES string of the molecule is CCCCCCCCOc1noc2ccccc12. The van der Waals surface area contributed by atoms with Crippen LogP contribution in [0, 0.1) is 0 Å². The summed E-state index contributed by atoms with van der Waals surface area (Å²) in [5.74, 6) is 0.624. The van der Waals surface area contributed by atoms with Crippen LogP contribution in [0.1, 0.15) is 45.4 Å². The highest BCUT2D eigenvalue weighted by Gasteiger charge is 2.07. The van der Waals surface area contributed by atoms with Crippen molar-refractivity contribution in [2.75, 3.05) is 6.61 Å². The second-order valence-corrected chi connectivity index (χ2v) is 4.60. The number of unbranched alkanes of at least 4 members (excludes halogenated alkanes) is 5. The average molecular weight is 247 g/mol. The number of benzene rings is 1. The molecule has 1 aromatic carbocycles. The van der Waals surface area contributed by atoms with Crippen LogP contribution in [0.3, 0.4) is 0 Å². The highest BCUT2D eigenvalue weighted by atomic mass is 16.5. The zero-order chi connectivity index (χ0) is 12.6. The molecule has 0 radical (unpaired) electrons. The van der Waals surface area contributed by atoms with Crippen molar-refractivity contribution in [1.29, 1.82) is 0 Å². The molecule has 1 heterocycles. The molecule has 0 amide bonds. The van der Waals surface area contributed by atoms with Crippen LogP contribution < -0.4 is 4.74 Å². The number of hydrogen-bond donors (Lipinski definition) is 0. The summed E-state index contributed by atoms with van der Waals surface area (Å²) in [5.41, 5.74) is 0.787. The standard InChI is InChI=1S/C15H21NO2/c1-2-3-4-5-6-9-12-17-15-13-10-7-8-11-14(13)18-16-15/h7-8,10-11H,2-6,9,12H2,1H3. The Kier molecular flexibility index (Phi) is 5.06. The van der Waals surface area contributed by atoms with E-state index in [1.165, 1.54) is 32.1 Å². The monoisotopic (exact) mass is 247 g/mol. The minimum absolute atomic E-state index is 0.624. The number of rotatable bonds is 8. The van der Waals surface area contributed by atoms with Crippen molar-refractivity contribution >= 4 is 11.0 Å². The summed E-state index contributed by atoms with van der Waals surface area (Å²) < 4.78 is 10.8. The van der Waals surface area contributed by atoms with Crippen molar-refractivity contribution in [3.05, 3.63) is 24.3 Å². The Morgan fingerprint density at radius 1 is 1.06 bits per heavy atom. The van der Waals surface area contributed by atoms with Gasteiger partial charge in [-0.15, -0.1) is 0 Å². The van der Waals surface area contributed by atoms with Gasteiger partial charge in [0.2, 0.25) is 0 Å². The molecule has 2 rings (SSSR count). The molecule has 0 atom stereocenters. The molecule has 0 bridgehead atoms. The lowest BCUT2D eigenvalue weighted by atomic mass is 10.1. The van der Waals surface area contributed by atoms with E-state index in [0.29, 0.717) is 5.88 Å². The maximum Gasteiger partial charge on any atom is 0.262 e. The predicted octanol–water partition coefficient (Wildman–Crippen LogP) is 4.57. The fourth-order valence-electron chi connectivity index (χ4n) is 2.02. The molecule has 0 unspecified atom stereocenters. The third kappa shape index (κ3) is 3.49. The fraction of sp³-hybridized carbons (Fsp3) is 0.533. The maximum absolute atomic E-state index is 5.66. The van der Waals surface area contributed by atoms with E-state index >= 15 is 0 Å². The van der Waals surface area contributed by atoms with E-state index in [4.69, 9.17) is 9.26 Å². The lowest BCUT2D eigenvalue weighted by Crippen LogP contribution is -1.97. The van der Waals surface area contributed by atoms with E-state index in [2.05, 4.69) is 12.1 Å². The molecule has 3 nitrogen and oxygen atoms in total.